The molecule has 1 aromatic carbocycles. The van der Waals surface area contributed by atoms with E-state index in [2.05, 4.69) is 15.5 Å². The average Bonchev–Trinajstić information content (AvgIpc) is 3.34. The highest BCUT2D eigenvalue weighted by Crippen LogP contribution is 2.29. The van der Waals surface area contributed by atoms with Crippen molar-refractivity contribution in [2.24, 2.45) is 0 Å². The molecule has 0 atom stereocenters. The second kappa shape index (κ2) is 8.55. The molecule has 27 heavy (non-hydrogen) atoms. The van der Waals surface area contributed by atoms with Crippen molar-refractivity contribution in [2.75, 3.05) is 31.3 Å². The minimum absolute atomic E-state index is 0.0786. The zero-order chi connectivity index (χ0) is 19.4. The molecule has 0 unspecified atom stereocenters. The number of ether oxygens (including phenoxy) is 1. The van der Waals surface area contributed by atoms with Gasteiger partial charge < -0.3 is 4.74 Å². The maximum Gasteiger partial charge on any atom is 0.261 e. The van der Waals surface area contributed by atoms with Gasteiger partial charge in [0.1, 0.15) is 5.75 Å². The Hall–Kier alpha value is -1.69. The number of anilines is 1. The number of thioether (sulfide) groups is 1. The van der Waals surface area contributed by atoms with Gasteiger partial charge >= 0.3 is 0 Å². The van der Waals surface area contributed by atoms with Crippen LogP contribution in [0.4, 0.5) is 5.13 Å². The Kier molecular flexibility index (Phi) is 6.35. The highest BCUT2D eigenvalue weighted by Gasteiger charge is 2.28. The third-order valence-electron chi connectivity index (χ3n) is 4.01. The molecule has 0 saturated carbocycles. The SMILES string of the molecule is CCSc1nnc(NC(=O)c2cc(S(=O)(=O)N3CCCC3)ccc2OC)s1. The predicted octanol–water partition coefficient (Wildman–Crippen LogP) is 2.70. The fourth-order valence-corrected chi connectivity index (χ4v) is 5.90. The van der Waals surface area contributed by atoms with Crippen molar-refractivity contribution in [3.63, 3.8) is 0 Å². The number of hydrogen-bond donors (Lipinski definition) is 1. The van der Waals surface area contributed by atoms with Gasteiger partial charge in [-0.25, -0.2) is 8.42 Å². The lowest BCUT2D eigenvalue weighted by Crippen LogP contribution is -2.28. The number of sulfonamides is 1. The van der Waals surface area contributed by atoms with E-state index in [0.717, 1.165) is 22.9 Å². The molecule has 3 rings (SSSR count). The first kappa shape index (κ1) is 20.1. The van der Waals surface area contributed by atoms with Gasteiger partial charge in [-0.05, 0) is 36.8 Å². The van der Waals surface area contributed by atoms with Crippen LogP contribution in [0.2, 0.25) is 0 Å². The molecule has 1 aliphatic heterocycles. The lowest BCUT2D eigenvalue weighted by atomic mass is 10.2. The van der Waals surface area contributed by atoms with Gasteiger partial charge in [-0.2, -0.15) is 4.31 Å². The molecule has 8 nitrogen and oxygen atoms in total. The lowest BCUT2D eigenvalue weighted by Gasteiger charge is -2.17. The van der Waals surface area contributed by atoms with Crippen molar-refractivity contribution in [3.05, 3.63) is 23.8 Å². The summed E-state index contributed by atoms with van der Waals surface area (Å²) in [5, 5.41) is 10.9. The number of nitrogens with zero attached hydrogens (tertiary/aromatic N) is 3. The highest BCUT2D eigenvalue weighted by atomic mass is 32.2. The Morgan fingerprint density at radius 1 is 1.33 bits per heavy atom. The molecule has 0 aliphatic carbocycles. The largest absolute Gasteiger partial charge is 0.496 e. The molecule has 1 saturated heterocycles. The number of methoxy groups -OCH3 is 1. The average molecular weight is 429 g/mol. The Balaban J connectivity index is 1.87. The standard InChI is InChI=1S/C16H20N4O4S3/c1-3-25-16-19-18-15(26-16)17-14(21)12-10-11(6-7-13(12)24-2)27(22,23)20-8-4-5-9-20/h6-7,10H,3-5,8-9H2,1-2H3,(H,17,18,21). The van der Waals surface area contributed by atoms with E-state index in [1.807, 2.05) is 6.92 Å². The van der Waals surface area contributed by atoms with Gasteiger partial charge in [0, 0.05) is 13.1 Å². The number of rotatable bonds is 7. The summed E-state index contributed by atoms with van der Waals surface area (Å²) in [5.41, 5.74) is 0.137. The van der Waals surface area contributed by atoms with Gasteiger partial charge in [-0.1, -0.05) is 30.0 Å². The maximum absolute atomic E-state index is 12.8. The van der Waals surface area contributed by atoms with Crippen molar-refractivity contribution in [2.45, 2.75) is 29.0 Å². The molecule has 146 valence electrons. The summed E-state index contributed by atoms with van der Waals surface area (Å²) in [6, 6.07) is 4.31. The molecule has 0 bridgehead atoms. The number of benzene rings is 1. The number of amides is 1. The molecule has 1 aliphatic rings. The van der Waals surface area contributed by atoms with Crippen LogP contribution in [0, 0.1) is 0 Å². The van der Waals surface area contributed by atoms with Crippen LogP contribution in [0.1, 0.15) is 30.1 Å². The van der Waals surface area contributed by atoms with Gasteiger partial charge in [0.05, 0.1) is 17.6 Å². The van der Waals surface area contributed by atoms with E-state index in [0.29, 0.717) is 24.0 Å². The lowest BCUT2D eigenvalue weighted by molar-refractivity contribution is 0.102. The summed E-state index contributed by atoms with van der Waals surface area (Å²) in [5.74, 6) is 0.655. The summed E-state index contributed by atoms with van der Waals surface area (Å²) in [6.45, 7) is 3.00. The maximum atomic E-state index is 12.8. The second-order valence-corrected chi connectivity index (χ2v) is 10.2. The van der Waals surface area contributed by atoms with Crippen LogP contribution < -0.4 is 10.1 Å². The summed E-state index contributed by atoms with van der Waals surface area (Å²) < 4.78 is 33.0. The normalized spacial score (nSPS) is 15.0. The van der Waals surface area contributed by atoms with Crippen molar-refractivity contribution in [1.29, 1.82) is 0 Å². The van der Waals surface area contributed by atoms with E-state index in [-0.39, 0.29) is 10.5 Å². The third-order valence-corrected chi connectivity index (χ3v) is 7.76. The predicted molar refractivity (Wildman–Crippen MR) is 105 cm³/mol. The van der Waals surface area contributed by atoms with Gasteiger partial charge in [-0.3, -0.25) is 10.1 Å². The zero-order valence-corrected chi connectivity index (χ0v) is 17.4. The van der Waals surface area contributed by atoms with E-state index in [1.165, 1.54) is 52.7 Å². The number of aromatic nitrogens is 2. The molecule has 2 aromatic rings. The second-order valence-electron chi connectivity index (χ2n) is 5.73. The van der Waals surface area contributed by atoms with Gasteiger partial charge in [0.25, 0.3) is 5.91 Å². The van der Waals surface area contributed by atoms with E-state index < -0.39 is 15.9 Å². The summed E-state index contributed by atoms with van der Waals surface area (Å²) in [4.78, 5) is 12.8. The first-order valence-electron chi connectivity index (χ1n) is 8.41. The molecular formula is C16H20N4O4S3. The quantitative estimate of drug-likeness (QED) is 0.534. The Bertz CT molecular complexity index is 923. The first-order valence-corrected chi connectivity index (χ1v) is 11.7. The Labute approximate surface area is 166 Å². The van der Waals surface area contributed by atoms with Crippen molar-refractivity contribution < 1.29 is 17.9 Å². The van der Waals surface area contributed by atoms with Gasteiger partial charge in [-0.15, -0.1) is 10.2 Å². The molecule has 0 radical (unpaired) electrons. The van der Waals surface area contributed by atoms with E-state index >= 15 is 0 Å². The molecule has 0 spiro atoms. The van der Waals surface area contributed by atoms with Gasteiger partial charge in [0.15, 0.2) is 4.34 Å². The van der Waals surface area contributed by atoms with Crippen LogP contribution in [-0.4, -0.2) is 54.8 Å². The van der Waals surface area contributed by atoms with E-state index in [4.69, 9.17) is 4.74 Å². The Morgan fingerprint density at radius 2 is 2.07 bits per heavy atom. The number of carbonyl (C=O) groups excluding carboxylic acids is 1. The minimum atomic E-state index is -3.63. The van der Waals surface area contributed by atoms with Crippen LogP contribution >= 0.6 is 23.1 Å². The Morgan fingerprint density at radius 3 is 2.74 bits per heavy atom. The van der Waals surface area contributed by atoms with Crippen molar-refractivity contribution in [3.8, 4) is 5.75 Å². The minimum Gasteiger partial charge on any atom is -0.496 e. The molecule has 1 N–H and O–H groups in total. The number of carbonyl (C=O) groups is 1. The van der Waals surface area contributed by atoms with Gasteiger partial charge in [0.2, 0.25) is 15.2 Å². The molecule has 1 amide bonds. The summed E-state index contributed by atoms with van der Waals surface area (Å²) >= 11 is 2.80. The van der Waals surface area contributed by atoms with E-state index in [9.17, 15) is 13.2 Å². The molecule has 1 aromatic heterocycles. The van der Waals surface area contributed by atoms with Crippen LogP contribution in [0.25, 0.3) is 0 Å². The first-order chi connectivity index (χ1) is 13.0. The fourth-order valence-electron chi connectivity index (χ4n) is 2.71. The number of hydrogen-bond acceptors (Lipinski definition) is 8. The molecule has 1 fully saturated rings. The highest BCUT2D eigenvalue weighted by molar-refractivity contribution is 8.01. The molecular weight excluding hydrogens is 408 g/mol. The smallest absolute Gasteiger partial charge is 0.261 e. The zero-order valence-electron chi connectivity index (χ0n) is 15.0. The molecule has 2 heterocycles. The van der Waals surface area contributed by atoms with Crippen LogP contribution in [-0.2, 0) is 10.0 Å². The summed E-state index contributed by atoms with van der Waals surface area (Å²) in [6.07, 6.45) is 1.69. The van der Waals surface area contributed by atoms with Crippen LogP contribution in [0.5, 0.6) is 5.75 Å². The fraction of sp³-hybridized carbons (Fsp3) is 0.438. The van der Waals surface area contributed by atoms with Crippen LogP contribution in [0.15, 0.2) is 27.4 Å². The van der Waals surface area contributed by atoms with Crippen molar-refractivity contribution >= 4 is 44.2 Å². The topological polar surface area (TPSA) is 101 Å². The number of nitrogens with one attached hydrogen (secondary N) is 1. The molecule has 11 heteroatoms. The monoisotopic (exact) mass is 428 g/mol. The third kappa shape index (κ3) is 4.42. The van der Waals surface area contributed by atoms with Crippen molar-refractivity contribution in [1.82, 2.24) is 14.5 Å². The van der Waals surface area contributed by atoms with Crippen LogP contribution in [0.3, 0.4) is 0 Å². The summed E-state index contributed by atoms with van der Waals surface area (Å²) in [7, 11) is -2.19. The van der Waals surface area contributed by atoms with E-state index in [1.54, 1.807) is 0 Å².